The summed E-state index contributed by atoms with van der Waals surface area (Å²) in [4.78, 5) is 14.1. The molecular weight excluding hydrogens is 252 g/mol. The average Bonchev–Trinajstić information content (AvgIpc) is 2.45. The van der Waals surface area contributed by atoms with E-state index in [1.165, 1.54) is 0 Å². The fourth-order valence-corrected chi connectivity index (χ4v) is 2.05. The van der Waals surface area contributed by atoms with Gasteiger partial charge in [0.1, 0.15) is 0 Å². The van der Waals surface area contributed by atoms with Gasteiger partial charge in [-0.3, -0.25) is 0 Å². The molecule has 0 heterocycles. The number of ether oxygens (including phenoxy) is 1. The maximum atomic E-state index is 11.9. The van der Waals surface area contributed by atoms with Crippen molar-refractivity contribution in [1.82, 2.24) is 0 Å². The molecule has 0 amide bonds. The summed E-state index contributed by atoms with van der Waals surface area (Å²) in [6.45, 7) is 10.5. The lowest BCUT2D eigenvalue weighted by Gasteiger charge is -2.26. The highest BCUT2D eigenvalue weighted by Crippen LogP contribution is 2.23. The topological polar surface area (TPSA) is 55.6 Å². The second kappa shape index (κ2) is 7.78. The zero-order chi connectivity index (χ0) is 15.1. The van der Waals surface area contributed by atoms with Gasteiger partial charge in [-0.15, -0.1) is 0 Å². The normalized spacial score (nSPS) is 12.0. The fraction of sp³-hybridized carbons (Fsp3) is 0.562. The molecule has 4 heteroatoms. The maximum absolute atomic E-state index is 11.9. The Balaban J connectivity index is 3.00. The Morgan fingerprint density at radius 2 is 2.05 bits per heavy atom. The molecule has 0 aliphatic rings. The van der Waals surface area contributed by atoms with Crippen LogP contribution in [0, 0.1) is 5.92 Å². The number of carbonyl (C=O) groups excluding carboxylic acids is 1. The number of rotatable bonds is 7. The first-order chi connectivity index (χ1) is 9.53. The molecule has 0 fully saturated rings. The van der Waals surface area contributed by atoms with Gasteiger partial charge in [0.25, 0.3) is 0 Å². The van der Waals surface area contributed by atoms with E-state index in [-0.39, 0.29) is 5.97 Å². The predicted molar refractivity (Wildman–Crippen MR) is 84.2 cm³/mol. The molecule has 1 aromatic rings. The van der Waals surface area contributed by atoms with E-state index in [2.05, 4.69) is 25.7 Å². The molecule has 0 bridgehead atoms. The molecule has 0 radical (unpaired) electrons. The molecule has 0 aliphatic carbocycles. The SMILES string of the molecule is CCOC(=O)c1cc(N(CC)CC(C)CC)ccc1N. The molecule has 0 aliphatic heterocycles. The molecule has 0 spiro atoms. The van der Waals surface area contributed by atoms with E-state index in [0.717, 1.165) is 25.2 Å². The highest BCUT2D eigenvalue weighted by atomic mass is 16.5. The Bertz CT molecular complexity index is 446. The minimum atomic E-state index is -0.355. The van der Waals surface area contributed by atoms with Crippen molar-refractivity contribution in [3.8, 4) is 0 Å². The Labute approximate surface area is 121 Å². The standard InChI is InChI=1S/C16H26N2O2/c1-5-12(4)11-18(6-2)13-8-9-15(17)14(10-13)16(19)20-7-3/h8-10,12H,5-7,11,17H2,1-4H3. The highest BCUT2D eigenvalue weighted by Gasteiger charge is 2.15. The second-order valence-corrected chi connectivity index (χ2v) is 5.04. The summed E-state index contributed by atoms with van der Waals surface area (Å²) in [6, 6.07) is 5.57. The van der Waals surface area contributed by atoms with E-state index in [4.69, 9.17) is 10.5 Å². The first kappa shape index (κ1) is 16.3. The predicted octanol–water partition coefficient (Wildman–Crippen LogP) is 3.32. The Morgan fingerprint density at radius 1 is 1.35 bits per heavy atom. The second-order valence-electron chi connectivity index (χ2n) is 5.04. The molecule has 2 N–H and O–H groups in total. The Kier molecular flexibility index (Phi) is 6.36. The van der Waals surface area contributed by atoms with Crippen molar-refractivity contribution in [1.29, 1.82) is 0 Å². The lowest BCUT2D eigenvalue weighted by Crippen LogP contribution is -2.28. The van der Waals surface area contributed by atoms with Crippen LogP contribution in [0.1, 0.15) is 44.5 Å². The van der Waals surface area contributed by atoms with Crippen LogP contribution in [-0.2, 0) is 4.74 Å². The van der Waals surface area contributed by atoms with E-state index in [1.54, 1.807) is 13.0 Å². The average molecular weight is 278 g/mol. The van der Waals surface area contributed by atoms with Gasteiger partial charge in [0.05, 0.1) is 12.2 Å². The van der Waals surface area contributed by atoms with E-state index >= 15 is 0 Å². The first-order valence-corrected chi connectivity index (χ1v) is 7.34. The zero-order valence-electron chi connectivity index (χ0n) is 13.0. The van der Waals surface area contributed by atoms with E-state index in [1.807, 2.05) is 12.1 Å². The van der Waals surface area contributed by atoms with E-state index in [9.17, 15) is 4.79 Å². The number of anilines is 2. The minimum absolute atomic E-state index is 0.354. The van der Waals surface area contributed by atoms with Gasteiger partial charge in [-0.1, -0.05) is 20.3 Å². The number of esters is 1. The summed E-state index contributed by atoms with van der Waals surface area (Å²) in [5, 5.41) is 0. The lowest BCUT2D eigenvalue weighted by molar-refractivity contribution is 0.0527. The summed E-state index contributed by atoms with van der Waals surface area (Å²) in [5.74, 6) is 0.255. The number of hydrogen-bond acceptors (Lipinski definition) is 4. The molecule has 1 aromatic carbocycles. The van der Waals surface area contributed by atoms with Gasteiger partial charge in [-0.25, -0.2) is 4.79 Å². The molecule has 0 saturated heterocycles. The van der Waals surface area contributed by atoms with Gasteiger partial charge < -0.3 is 15.4 Å². The summed E-state index contributed by atoms with van der Waals surface area (Å²) >= 11 is 0. The molecule has 0 saturated carbocycles. The minimum Gasteiger partial charge on any atom is -0.462 e. The van der Waals surface area contributed by atoms with Crippen molar-refractivity contribution in [2.45, 2.75) is 34.1 Å². The molecule has 1 rings (SSSR count). The van der Waals surface area contributed by atoms with Crippen LogP contribution < -0.4 is 10.6 Å². The summed E-state index contributed by atoms with van der Waals surface area (Å²) in [7, 11) is 0. The van der Waals surface area contributed by atoms with E-state index < -0.39 is 0 Å². The molecular formula is C16H26N2O2. The molecule has 112 valence electrons. The van der Waals surface area contributed by atoms with Crippen LogP contribution in [0.15, 0.2) is 18.2 Å². The van der Waals surface area contributed by atoms with Crippen molar-refractivity contribution in [2.24, 2.45) is 5.92 Å². The van der Waals surface area contributed by atoms with Gasteiger partial charge >= 0.3 is 5.97 Å². The summed E-state index contributed by atoms with van der Waals surface area (Å²) in [5.41, 5.74) is 7.80. The number of nitrogen functional groups attached to an aromatic ring is 1. The first-order valence-electron chi connectivity index (χ1n) is 7.34. The maximum Gasteiger partial charge on any atom is 0.340 e. The molecule has 20 heavy (non-hydrogen) atoms. The largest absolute Gasteiger partial charge is 0.462 e. The van der Waals surface area contributed by atoms with E-state index in [0.29, 0.717) is 23.8 Å². The highest BCUT2D eigenvalue weighted by molar-refractivity contribution is 5.96. The summed E-state index contributed by atoms with van der Waals surface area (Å²) < 4.78 is 5.04. The van der Waals surface area contributed by atoms with Crippen molar-refractivity contribution in [3.63, 3.8) is 0 Å². The van der Waals surface area contributed by atoms with Crippen LogP contribution in [0.2, 0.25) is 0 Å². The summed E-state index contributed by atoms with van der Waals surface area (Å²) in [6.07, 6.45) is 1.14. The van der Waals surface area contributed by atoms with Crippen LogP contribution in [0.5, 0.6) is 0 Å². The monoisotopic (exact) mass is 278 g/mol. The molecule has 1 unspecified atom stereocenters. The number of nitrogens with zero attached hydrogens (tertiary/aromatic N) is 1. The van der Waals surface area contributed by atoms with Crippen LogP contribution in [0.3, 0.4) is 0 Å². The van der Waals surface area contributed by atoms with Gasteiger partial charge in [-0.2, -0.15) is 0 Å². The quantitative estimate of drug-likeness (QED) is 0.614. The third kappa shape index (κ3) is 4.15. The van der Waals surface area contributed by atoms with Gasteiger partial charge in [-0.05, 0) is 38.0 Å². The van der Waals surface area contributed by atoms with Crippen LogP contribution in [0.4, 0.5) is 11.4 Å². The van der Waals surface area contributed by atoms with Gasteiger partial charge in [0.2, 0.25) is 0 Å². The van der Waals surface area contributed by atoms with Crippen LogP contribution in [0.25, 0.3) is 0 Å². The third-order valence-corrected chi connectivity index (χ3v) is 3.51. The van der Waals surface area contributed by atoms with Gasteiger partial charge in [0, 0.05) is 24.5 Å². The lowest BCUT2D eigenvalue weighted by atomic mass is 10.1. The third-order valence-electron chi connectivity index (χ3n) is 3.51. The Morgan fingerprint density at radius 3 is 2.60 bits per heavy atom. The van der Waals surface area contributed by atoms with Crippen molar-refractivity contribution in [3.05, 3.63) is 23.8 Å². The number of benzene rings is 1. The fourth-order valence-electron chi connectivity index (χ4n) is 2.05. The molecule has 1 atom stereocenters. The van der Waals surface area contributed by atoms with Crippen molar-refractivity contribution >= 4 is 17.3 Å². The number of carbonyl (C=O) groups is 1. The van der Waals surface area contributed by atoms with Crippen LogP contribution >= 0.6 is 0 Å². The molecule has 4 nitrogen and oxygen atoms in total. The Hall–Kier alpha value is -1.71. The zero-order valence-corrected chi connectivity index (χ0v) is 13.0. The molecule has 0 aromatic heterocycles. The van der Waals surface area contributed by atoms with Crippen LogP contribution in [-0.4, -0.2) is 25.7 Å². The smallest absolute Gasteiger partial charge is 0.340 e. The van der Waals surface area contributed by atoms with Gasteiger partial charge in [0.15, 0.2) is 0 Å². The number of hydrogen-bond donors (Lipinski definition) is 1. The number of nitrogens with two attached hydrogens (primary N) is 1. The van der Waals surface area contributed by atoms with Crippen molar-refractivity contribution in [2.75, 3.05) is 30.3 Å². The van der Waals surface area contributed by atoms with Crippen molar-refractivity contribution < 1.29 is 9.53 Å².